The van der Waals surface area contributed by atoms with E-state index in [1.165, 1.54) is 0 Å². The van der Waals surface area contributed by atoms with Gasteiger partial charge in [-0.05, 0) is 62.4 Å². The van der Waals surface area contributed by atoms with E-state index in [1.807, 2.05) is 87.7 Å². The van der Waals surface area contributed by atoms with E-state index >= 15 is 0 Å². The van der Waals surface area contributed by atoms with Crippen molar-refractivity contribution in [1.29, 1.82) is 0 Å². The van der Waals surface area contributed by atoms with Crippen molar-refractivity contribution >= 4 is 28.8 Å². The molecule has 0 aliphatic carbocycles. The number of nitrogens with zero attached hydrogens (tertiary/aromatic N) is 3. The normalized spacial score (nSPS) is 17.4. The van der Waals surface area contributed by atoms with Crippen LogP contribution >= 0.6 is 11.3 Å². The number of carbonyl (C=O) groups is 2. The molecule has 0 radical (unpaired) electrons. The number of aryl methyl sites for hydroxylation is 3. The van der Waals surface area contributed by atoms with Crippen molar-refractivity contribution in [2.24, 2.45) is 0 Å². The van der Waals surface area contributed by atoms with Crippen LogP contribution in [0.1, 0.15) is 39.7 Å². The highest BCUT2D eigenvalue weighted by Crippen LogP contribution is 2.36. The summed E-state index contributed by atoms with van der Waals surface area (Å²) in [5.74, 6) is -0.446. The monoisotopic (exact) mass is 484 g/mol. The second-order valence-electron chi connectivity index (χ2n) is 9.43. The molecular formula is C28H28N4O2S. The summed E-state index contributed by atoms with van der Waals surface area (Å²) in [6.07, 6.45) is 0. The molecule has 1 atom stereocenters. The molecule has 6 nitrogen and oxygen atoms in total. The van der Waals surface area contributed by atoms with Gasteiger partial charge in [-0.25, -0.2) is 0 Å². The summed E-state index contributed by atoms with van der Waals surface area (Å²) < 4.78 is 1.68. The lowest BCUT2D eigenvalue weighted by atomic mass is 9.92. The smallest absolute Gasteiger partial charge is 0.277 e. The average Bonchev–Trinajstić information content (AvgIpc) is 3.49. The fourth-order valence-corrected chi connectivity index (χ4v) is 5.44. The molecule has 7 heteroatoms. The quantitative estimate of drug-likeness (QED) is 0.420. The molecule has 2 aromatic carbocycles. The predicted octanol–water partition coefficient (Wildman–Crippen LogP) is 5.27. The van der Waals surface area contributed by atoms with Gasteiger partial charge in [0, 0.05) is 12.2 Å². The number of hydrogen-bond donors (Lipinski definition) is 1. The number of rotatable bonds is 5. The van der Waals surface area contributed by atoms with Crippen LogP contribution in [0, 0.1) is 20.8 Å². The standard InChI is InChI=1S/C28H28N4O2S/c1-18-7-5-8-21(14-18)16-29-27(34)28(4)17-31-24(15-22(30-31)25-9-6-12-35-25)26(33)32(28)23-11-10-19(2)13-20(23)3/h5-15H,16-17H2,1-4H3,(H,29,34). The minimum atomic E-state index is -1.16. The predicted molar refractivity (Wildman–Crippen MR) is 140 cm³/mol. The van der Waals surface area contributed by atoms with E-state index in [0.29, 0.717) is 12.2 Å². The Hall–Kier alpha value is -3.71. The number of benzene rings is 2. The number of amides is 2. The first-order valence-electron chi connectivity index (χ1n) is 11.6. The Kier molecular flexibility index (Phi) is 5.81. The molecule has 35 heavy (non-hydrogen) atoms. The van der Waals surface area contributed by atoms with E-state index in [4.69, 9.17) is 5.10 Å². The summed E-state index contributed by atoms with van der Waals surface area (Å²) in [7, 11) is 0. The summed E-state index contributed by atoms with van der Waals surface area (Å²) >= 11 is 1.57. The van der Waals surface area contributed by atoms with Crippen LogP contribution in [0.3, 0.4) is 0 Å². The second kappa shape index (κ2) is 8.82. The summed E-state index contributed by atoms with van der Waals surface area (Å²) in [6.45, 7) is 8.49. The first kappa shape index (κ1) is 23.1. The molecule has 1 unspecified atom stereocenters. The molecule has 0 saturated heterocycles. The highest BCUT2D eigenvalue weighted by atomic mass is 32.1. The van der Waals surface area contributed by atoms with E-state index in [0.717, 1.165) is 38.5 Å². The van der Waals surface area contributed by atoms with Gasteiger partial charge in [0.15, 0.2) is 0 Å². The highest BCUT2D eigenvalue weighted by molar-refractivity contribution is 7.13. The summed E-state index contributed by atoms with van der Waals surface area (Å²) in [6, 6.07) is 19.8. The number of nitrogens with one attached hydrogen (secondary N) is 1. The highest BCUT2D eigenvalue weighted by Gasteiger charge is 2.49. The van der Waals surface area contributed by atoms with Crippen molar-refractivity contribution in [1.82, 2.24) is 15.1 Å². The zero-order valence-corrected chi connectivity index (χ0v) is 21.1. The van der Waals surface area contributed by atoms with Crippen LogP contribution in [0.4, 0.5) is 5.69 Å². The molecule has 0 saturated carbocycles. The number of aromatic nitrogens is 2. The van der Waals surface area contributed by atoms with Gasteiger partial charge in [0.1, 0.15) is 16.9 Å². The molecular weight excluding hydrogens is 456 g/mol. The molecule has 0 bridgehead atoms. The van der Waals surface area contributed by atoms with Crippen molar-refractivity contribution < 1.29 is 9.59 Å². The number of thiophene rings is 1. The first-order valence-corrected chi connectivity index (χ1v) is 12.5. The van der Waals surface area contributed by atoms with Crippen LogP contribution in [0.5, 0.6) is 0 Å². The summed E-state index contributed by atoms with van der Waals surface area (Å²) in [5.41, 5.74) is 5.00. The maximum atomic E-state index is 14.0. The molecule has 0 fully saturated rings. The average molecular weight is 485 g/mol. The number of fused-ring (bicyclic) bond motifs is 1. The molecule has 1 aliphatic rings. The van der Waals surface area contributed by atoms with E-state index in [1.54, 1.807) is 20.9 Å². The van der Waals surface area contributed by atoms with Gasteiger partial charge in [0.25, 0.3) is 5.91 Å². The lowest BCUT2D eigenvalue weighted by Gasteiger charge is -2.43. The lowest BCUT2D eigenvalue weighted by molar-refractivity contribution is -0.126. The number of hydrogen-bond acceptors (Lipinski definition) is 4. The Morgan fingerprint density at radius 1 is 1.06 bits per heavy atom. The molecule has 1 N–H and O–H groups in total. The van der Waals surface area contributed by atoms with E-state index in [9.17, 15) is 9.59 Å². The third-order valence-corrected chi connectivity index (χ3v) is 7.44. The van der Waals surface area contributed by atoms with Crippen LogP contribution < -0.4 is 10.2 Å². The fraction of sp³-hybridized carbons (Fsp3) is 0.250. The van der Waals surface area contributed by atoms with Crippen LogP contribution in [-0.4, -0.2) is 27.1 Å². The Morgan fingerprint density at radius 2 is 1.86 bits per heavy atom. The van der Waals surface area contributed by atoms with Gasteiger partial charge < -0.3 is 5.32 Å². The fourth-order valence-electron chi connectivity index (χ4n) is 4.75. The maximum absolute atomic E-state index is 14.0. The molecule has 2 amide bonds. The lowest BCUT2D eigenvalue weighted by Crippen LogP contribution is -2.64. The van der Waals surface area contributed by atoms with E-state index in [2.05, 4.69) is 11.4 Å². The van der Waals surface area contributed by atoms with Crippen molar-refractivity contribution in [3.8, 4) is 10.6 Å². The van der Waals surface area contributed by atoms with Gasteiger partial charge in [0.2, 0.25) is 5.91 Å². The Balaban J connectivity index is 1.56. The summed E-state index contributed by atoms with van der Waals surface area (Å²) in [4.78, 5) is 30.4. The van der Waals surface area contributed by atoms with Gasteiger partial charge in [-0.15, -0.1) is 11.3 Å². The molecule has 178 valence electrons. The summed E-state index contributed by atoms with van der Waals surface area (Å²) in [5, 5.41) is 9.78. The van der Waals surface area contributed by atoms with Crippen molar-refractivity contribution in [3.63, 3.8) is 0 Å². The van der Waals surface area contributed by atoms with Gasteiger partial charge >= 0.3 is 0 Å². The van der Waals surface area contributed by atoms with Gasteiger partial charge in [-0.1, -0.05) is 53.6 Å². The third-order valence-electron chi connectivity index (χ3n) is 6.54. The third kappa shape index (κ3) is 4.17. The molecule has 0 spiro atoms. The van der Waals surface area contributed by atoms with E-state index < -0.39 is 5.54 Å². The van der Waals surface area contributed by atoms with E-state index in [-0.39, 0.29) is 18.4 Å². The molecule has 4 aromatic rings. The zero-order chi connectivity index (χ0) is 24.7. The van der Waals surface area contributed by atoms with Crippen LogP contribution in [0.2, 0.25) is 0 Å². The van der Waals surface area contributed by atoms with Gasteiger partial charge in [0.05, 0.1) is 11.4 Å². The van der Waals surface area contributed by atoms with Crippen molar-refractivity contribution in [2.75, 3.05) is 4.90 Å². The molecule has 1 aliphatic heterocycles. The SMILES string of the molecule is Cc1cccc(CNC(=O)C2(C)Cn3nc(-c4cccs4)cc3C(=O)N2c2ccc(C)cc2C)c1. The molecule has 2 aromatic heterocycles. The minimum absolute atomic E-state index is 0.217. The Morgan fingerprint density at radius 3 is 2.57 bits per heavy atom. The largest absolute Gasteiger partial charge is 0.350 e. The Labute approximate surface area is 209 Å². The van der Waals surface area contributed by atoms with Gasteiger partial charge in [-0.2, -0.15) is 5.10 Å². The molecule has 5 rings (SSSR count). The number of carbonyl (C=O) groups excluding carboxylic acids is 2. The van der Waals surface area contributed by atoms with Crippen LogP contribution in [0.25, 0.3) is 10.6 Å². The second-order valence-corrected chi connectivity index (χ2v) is 10.4. The van der Waals surface area contributed by atoms with Crippen molar-refractivity contribution in [3.05, 3.63) is 94.0 Å². The van der Waals surface area contributed by atoms with Crippen molar-refractivity contribution in [2.45, 2.75) is 46.3 Å². The maximum Gasteiger partial charge on any atom is 0.277 e. The zero-order valence-electron chi connectivity index (χ0n) is 20.3. The Bertz CT molecular complexity index is 1420. The number of anilines is 1. The van der Waals surface area contributed by atoms with Gasteiger partial charge in [-0.3, -0.25) is 19.2 Å². The minimum Gasteiger partial charge on any atom is -0.350 e. The van der Waals surface area contributed by atoms with Crippen LogP contribution in [-0.2, 0) is 17.9 Å². The van der Waals surface area contributed by atoms with Crippen LogP contribution in [0.15, 0.2) is 66.0 Å². The topological polar surface area (TPSA) is 67.2 Å². The first-order chi connectivity index (χ1) is 16.8. The molecule has 3 heterocycles.